The van der Waals surface area contributed by atoms with Crippen LogP contribution < -0.4 is 4.90 Å². The number of benzene rings is 2. The van der Waals surface area contributed by atoms with Gasteiger partial charge in [0.15, 0.2) is 5.03 Å². The highest BCUT2D eigenvalue weighted by atomic mass is 32.2. The van der Waals surface area contributed by atoms with Gasteiger partial charge in [-0.25, -0.2) is 4.21 Å². The van der Waals surface area contributed by atoms with Crippen LogP contribution in [0, 0.1) is 6.92 Å². The quantitative estimate of drug-likeness (QED) is 0.528. The van der Waals surface area contributed by atoms with Gasteiger partial charge in [0.2, 0.25) is 0 Å². The Morgan fingerprint density at radius 2 is 1.97 bits per heavy atom. The van der Waals surface area contributed by atoms with E-state index in [4.69, 9.17) is 0 Å². The molecule has 30 heavy (non-hydrogen) atoms. The molecule has 4 aromatic rings. The zero-order chi connectivity index (χ0) is 20.7. The van der Waals surface area contributed by atoms with Crippen LogP contribution in [0.4, 0.5) is 5.69 Å². The monoisotopic (exact) mass is 418 g/mol. The summed E-state index contributed by atoms with van der Waals surface area (Å²) < 4.78 is 13.1. The lowest BCUT2D eigenvalue weighted by Crippen LogP contribution is -2.22. The minimum atomic E-state index is -1.43. The number of aryl methyl sites for hydroxylation is 1. The van der Waals surface area contributed by atoms with Crippen LogP contribution in [0.25, 0.3) is 22.2 Å². The summed E-state index contributed by atoms with van der Waals surface area (Å²) in [5.74, 6) is 0. The second-order valence-electron chi connectivity index (χ2n) is 7.62. The lowest BCUT2D eigenvalue weighted by molar-refractivity contribution is 0.198. The number of hydrogen-bond donors (Lipinski definition) is 2. The number of nitrogens with one attached hydrogen (secondary N) is 1. The first-order chi connectivity index (χ1) is 14.6. The van der Waals surface area contributed by atoms with Crippen molar-refractivity contribution in [3.8, 4) is 11.3 Å². The zero-order valence-electron chi connectivity index (χ0n) is 16.6. The molecular formula is C23H22N4O2S. The number of para-hydroxylation sites is 1. The highest BCUT2D eigenvalue weighted by Gasteiger charge is 2.24. The molecule has 2 atom stereocenters. The van der Waals surface area contributed by atoms with Crippen LogP contribution in [0.1, 0.15) is 12.1 Å². The Hall–Kier alpha value is -3.03. The Morgan fingerprint density at radius 1 is 1.10 bits per heavy atom. The highest BCUT2D eigenvalue weighted by molar-refractivity contribution is 7.85. The van der Waals surface area contributed by atoms with E-state index in [9.17, 15) is 9.32 Å². The van der Waals surface area contributed by atoms with E-state index in [-0.39, 0.29) is 6.10 Å². The molecule has 0 radical (unpaired) electrons. The van der Waals surface area contributed by atoms with Gasteiger partial charge in [0.05, 0.1) is 11.8 Å². The molecule has 1 aliphatic rings. The van der Waals surface area contributed by atoms with Crippen LogP contribution in [-0.4, -0.2) is 43.7 Å². The summed E-state index contributed by atoms with van der Waals surface area (Å²) in [5.41, 5.74) is 4.79. The van der Waals surface area contributed by atoms with Crippen molar-refractivity contribution in [2.75, 3.05) is 18.0 Å². The molecular weight excluding hydrogens is 396 g/mol. The highest BCUT2D eigenvalue weighted by Crippen LogP contribution is 2.36. The zero-order valence-corrected chi connectivity index (χ0v) is 17.4. The fourth-order valence-corrected chi connectivity index (χ4v) is 4.87. The second kappa shape index (κ2) is 7.66. The Kier molecular flexibility index (Phi) is 4.84. The molecule has 0 aliphatic carbocycles. The van der Waals surface area contributed by atoms with E-state index < -0.39 is 10.8 Å². The van der Waals surface area contributed by atoms with Crippen molar-refractivity contribution in [2.24, 2.45) is 0 Å². The molecule has 5 rings (SSSR count). The smallest absolute Gasteiger partial charge is 0.154 e. The van der Waals surface area contributed by atoms with Crippen LogP contribution in [0.15, 0.2) is 70.6 Å². The van der Waals surface area contributed by atoms with Gasteiger partial charge in [-0.3, -0.25) is 0 Å². The van der Waals surface area contributed by atoms with E-state index in [1.54, 1.807) is 6.07 Å². The van der Waals surface area contributed by atoms with Gasteiger partial charge in [0, 0.05) is 45.8 Å². The molecule has 152 valence electrons. The first-order valence-corrected chi connectivity index (χ1v) is 11.1. The first kappa shape index (κ1) is 19.0. The van der Waals surface area contributed by atoms with Gasteiger partial charge in [0.1, 0.15) is 10.8 Å². The molecule has 6 nitrogen and oxygen atoms in total. The molecule has 7 heteroatoms. The largest absolute Gasteiger partial charge is 0.391 e. The number of nitrogens with zero attached hydrogens (tertiary/aromatic N) is 3. The summed E-state index contributed by atoms with van der Waals surface area (Å²) in [6.45, 7) is 3.24. The molecule has 1 fully saturated rings. The van der Waals surface area contributed by atoms with Gasteiger partial charge in [-0.05, 0) is 55.8 Å². The van der Waals surface area contributed by atoms with Crippen molar-refractivity contribution in [3.63, 3.8) is 0 Å². The van der Waals surface area contributed by atoms with Gasteiger partial charge < -0.3 is 15.0 Å². The van der Waals surface area contributed by atoms with Gasteiger partial charge in [-0.15, -0.1) is 5.10 Å². The number of H-pyrrole nitrogens is 1. The summed E-state index contributed by atoms with van der Waals surface area (Å²) in [7, 11) is -1.43. The van der Waals surface area contributed by atoms with E-state index in [0.29, 0.717) is 16.5 Å². The third kappa shape index (κ3) is 3.51. The average Bonchev–Trinajstić information content (AvgIpc) is 3.39. The third-order valence-corrected chi connectivity index (χ3v) is 6.75. The van der Waals surface area contributed by atoms with E-state index >= 15 is 0 Å². The van der Waals surface area contributed by atoms with Crippen molar-refractivity contribution >= 4 is 27.4 Å². The number of β-amino-alcohol motifs (C(OH)–C–C–N with tert-alkyl or cyclic N) is 1. The van der Waals surface area contributed by atoms with Crippen molar-refractivity contribution in [1.82, 2.24) is 15.2 Å². The minimum Gasteiger partial charge on any atom is -0.391 e. The molecule has 0 amide bonds. The number of aliphatic hydroxyl groups is 1. The molecule has 0 saturated carbocycles. The van der Waals surface area contributed by atoms with E-state index in [2.05, 4.69) is 32.2 Å². The molecule has 2 N–H and O–H groups in total. The third-order valence-electron chi connectivity index (χ3n) is 5.47. The molecule has 1 saturated heterocycles. The van der Waals surface area contributed by atoms with Crippen LogP contribution in [-0.2, 0) is 10.8 Å². The maximum atomic E-state index is 13.1. The number of aromatic nitrogens is 3. The molecule has 2 aromatic heterocycles. The second-order valence-corrected chi connectivity index (χ2v) is 9.05. The van der Waals surface area contributed by atoms with Crippen LogP contribution in [0.3, 0.4) is 0 Å². The fraction of sp³-hybridized carbons (Fsp3) is 0.217. The Labute approximate surface area is 177 Å². The summed E-state index contributed by atoms with van der Waals surface area (Å²) in [6.07, 6.45) is 0.427. The van der Waals surface area contributed by atoms with Crippen molar-refractivity contribution in [2.45, 2.75) is 29.4 Å². The predicted octanol–water partition coefficient (Wildman–Crippen LogP) is 3.67. The minimum absolute atomic E-state index is 0.322. The maximum Gasteiger partial charge on any atom is 0.154 e. The molecule has 0 spiro atoms. The van der Waals surface area contributed by atoms with Crippen LogP contribution in [0.2, 0.25) is 0 Å². The van der Waals surface area contributed by atoms with E-state index in [1.165, 1.54) is 0 Å². The maximum absolute atomic E-state index is 13.1. The van der Waals surface area contributed by atoms with Gasteiger partial charge >= 0.3 is 0 Å². The Balaban J connectivity index is 1.62. The van der Waals surface area contributed by atoms with Gasteiger partial charge in [-0.2, -0.15) is 5.10 Å². The molecule has 1 aliphatic heterocycles. The molecule has 2 aromatic carbocycles. The van der Waals surface area contributed by atoms with Gasteiger partial charge in [-0.1, -0.05) is 18.2 Å². The summed E-state index contributed by atoms with van der Waals surface area (Å²) in [6, 6.07) is 19.6. The SMILES string of the molecule is Cc1ccc(S(=O)c2ccc(N3CCC(O)C3)c(-c3cc4ccccc4[nH]3)c2)nn1. The lowest BCUT2D eigenvalue weighted by Gasteiger charge is -2.22. The van der Waals surface area contributed by atoms with Crippen molar-refractivity contribution < 1.29 is 9.32 Å². The van der Waals surface area contributed by atoms with Crippen molar-refractivity contribution in [1.29, 1.82) is 0 Å². The molecule has 0 bridgehead atoms. The lowest BCUT2D eigenvalue weighted by atomic mass is 10.1. The first-order valence-electron chi connectivity index (χ1n) is 9.96. The number of hydrogen-bond acceptors (Lipinski definition) is 5. The molecule has 3 heterocycles. The predicted molar refractivity (Wildman–Crippen MR) is 118 cm³/mol. The summed E-state index contributed by atoms with van der Waals surface area (Å²) in [5, 5.41) is 19.7. The van der Waals surface area contributed by atoms with Crippen LogP contribution in [0.5, 0.6) is 0 Å². The topological polar surface area (TPSA) is 82.1 Å². The summed E-state index contributed by atoms with van der Waals surface area (Å²) >= 11 is 0. The van der Waals surface area contributed by atoms with E-state index in [0.717, 1.165) is 46.5 Å². The number of aromatic amines is 1. The number of aliphatic hydroxyl groups excluding tert-OH is 1. The normalized spacial score (nSPS) is 17.5. The fourth-order valence-electron chi connectivity index (χ4n) is 3.91. The average molecular weight is 419 g/mol. The molecule has 2 unspecified atom stereocenters. The standard InChI is InChI=1S/C23H22N4O2S/c1-15-6-9-23(26-25-15)30(29)18-7-8-22(27-11-10-17(28)14-27)19(13-18)21-12-16-4-2-3-5-20(16)24-21/h2-9,12-13,17,24,28H,10-11,14H2,1H3. The summed E-state index contributed by atoms with van der Waals surface area (Å²) in [4.78, 5) is 6.34. The Morgan fingerprint density at radius 3 is 2.70 bits per heavy atom. The van der Waals surface area contributed by atoms with Crippen LogP contribution >= 0.6 is 0 Å². The van der Waals surface area contributed by atoms with Gasteiger partial charge in [0.25, 0.3) is 0 Å². The number of fused-ring (bicyclic) bond motifs is 1. The Bertz CT molecular complexity index is 1200. The van der Waals surface area contributed by atoms with E-state index in [1.807, 2.05) is 49.4 Å². The number of anilines is 1. The number of rotatable bonds is 4. The van der Waals surface area contributed by atoms with Crippen molar-refractivity contribution in [3.05, 3.63) is 66.4 Å².